The van der Waals surface area contributed by atoms with E-state index >= 15 is 0 Å². The van der Waals surface area contributed by atoms with Crippen molar-refractivity contribution < 1.29 is 5.11 Å². The van der Waals surface area contributed by atoms with Gasteiger partial charge in [-0.3, -0.25) is 0 Å². The molecule has 3 aromatic rings. The summed E-state index contributed by atoms with van der Waals surface area (Å²) in [5.41, 5.74) is 3.14. The van der Waals surface area contributed by atoms with E-state index in [1.165, 1.54) is 5.56 Å². The summed E-state index contributed by atoms with van der Waals surface area (Å²) in [6.45, 7) is 4.87. The third-order valence-corrected chi connectivity index (χ3v) is 4.12. The summed E-state index contributed by atoms with van der Waals surface area (Å²) in [5.74, 6) is 1.53. The molecule has 1 aromatic carbocycles. The van der Waals surface area contributed by atoms with E-state index in [0.717, 1.165) is 42.1 Å². The van der Waals surface area contributed by atoms with E-state index in [-0.39, 0.29) is 12.6 Å². The normalized spacial score (nSPS) is 12.5. The molecule has 0 spiro atoms. The number of nitrogens with zero attached hydrogens (tertiary/aromatic N) is 3. The van der Waals surface area contributed by atoms with Crippen LogP contribution in [0.15, 0.2) is 42.6 Å². The van der Waals surface area contributed by atoms with Gasteiger partial charge in [0.1, 0.15) is 11.3 Å². The summed E-state index contributed by atoms with van der Waals surface area (Å²) in [4.78, 5) is 9.13. The van der Waals surface area contributed by atoms with Crippen molar-refractivity contribution in [3.8, 4) is 0 Å². The molecule has 5 heteroatoms. The predicted octanol–water partition coefficient (Wildman–Crippen LogP) is 3.36. The molecule has 0 aliphatic heterocycles. The van der Waals surface area contributed by atoms with Gasteiger partial charge in [-0.25, -0.2) is 9.97 Å². The lowest BCUT2D eigenvalue weighted by molar-refractivity contribution is 0.268. The summed E-state index contributed by atoms with van der Waals surface area (Å²) >= 11 is 0. The molecular weight excluding hydrogens is 300 g/mol. The molecule has 0 aliphatic carbocycles. The number of aliphatic hydroxyl groups is 1. The lowest BCUT2D eigenvalue weighted by atomic mass is 10.2. The Morgan fingerprint density at radius 3 is 2.67 bits per heavy atom. The van der Waals surface area contributed by atoms with E-state index in [1.807, 2.05) is 37.4 Å². The average molecular weight is 324 g/mol. The molecule has 3 rings (SSSR count). The van der Waals surface area contributed by atoms with Gasteiger partial charge in [0.05, 0.1) is 18.2 Å². The molecule has 2 heterocycles. The van der Waals surface area contributed by atoms with Gasteiger partial charge in [-0.2, -0.15) is 0 Å². The van der Waals surface area contributed by atoms with E-state index in [9.17, 15) is 5.11 Å². The number of hydrogen-bond acceptors (Lipinski definition) is 4. The maximum absolute atomic E-state index is 9.60. The number of aliphatic hydroxyl groups excluding tert-OH is 1. The second kappa shape index (κ2) is 7.45. The van der Waals surface area contributed by atoms with Crippen LogP contribution >= 0.6 is 0 Å². The standard InChI is InChI=1S/C19H24N4O/c1-3-7-16(13-24)22-19-18-17(20-14(2)21-19)10-11-23(18)12-15-8-5-4-6-9-15/h4-6,8-11,16,24H,3,7,12-13H2,1-2H3,(H,20,21,22). The highest BCUT2D eigenvalue weighted by atomic mass is 16.3. The molecule has 126 valence electrons. The number of aryl methyl sites for hydroxylation is 1. The van der Waals surface area contributed by atoms with Crippen LogP contribution in [0.4, 0.5) is 5.82 Å². The van der Waals surface area contributed by atoms with Crippen LogP contribution in [0.2, 0.25) is 0 Å². The second-order valence-corrected chi connectivity index (χ2v) is 6.10. The van der Waals surface area contributed by atoms with Crippen LogP contribution in [0.1, 0.15) is 31.2 Å². The molecule has 1 atom stereocenters. The second-order valence-electron chi connectivity index (χ2n) is 6.10. The Balaban J connectivity index is 1.99. The van der Waals surface area contributed by atoms with Crippen molar-refractivity contribution in [3.63, 3.8) is 0 Å². The Bertz CT molecular complexity index is 798. The third kappa shape index (κ3) is 3.57. The van der Waals surface area contributed by atoms with Crippen LogP contribution in [0.25, 0.3) is 11.0 Å². The summed E-state index contributed by atoms with van der Waals surface area (Å²) in [7, 11) is 0. The zero-order valence-electron chi connectivity index (χ0n) is 14.2. The van der Waals surface area contributed by atoms with Gasteiger partial charge in [0.25, 0.3) is 0 Å². The van der Waals surface area contributed by atoms with E-state index in [2.05, 4.69) is 38.9 Å². The molecule has 1 unspecified atom stereocenters. The van der Waals surface area contributed by atoms with Gasteiger partial charge in [0.15, 0.2) is 5.82 Å². The van der Waals surface area contributed by atoms with Crippen LogP contribution < -0.4 is 5.32 Å². The Morgan fingerprint density at radius 2 is 1.96 bits per heavy atom. The van der Waals surface area contributed by atoms with E-state index < -0.39 is 0 Å². The van der Waals surface area contributed by atoms with Gasteiger partial charge in [-0.1, -0.05) is 43.7 Å². The molecule has 0 amide bonds. The number of anilines is 1. The molecule has 0 saturated carbocycles. The summed E-state index contributed by atoms with van der Waals surface area (Å²) in [6, 6.07) is 12.4. The number of benzene rings is 1. The fourth-order valence-corrected chi connectivity index (χ4v) is 2.99. The summed E-state index contributed by atoms with van der Waals surface area (Å²) in [5, 5.41) is 13.0. The maximum Gasteiger partial charge on any atom is 0.154 e. The molecular formula is C19H24N4O. The minimum Gasteiger partial charge on any atom is -0.394 e. The number of nitrogens with one attached hydrogen (secondary N) is 1. The van der Waals surface area contributed by atoms with Crippen LogP contribution in [0, 0.1) is 6.92 Å². The molecule has 24 heavy (non-hydrogen) atoms. The maximum atomic E-state index is 9.60. The Labute approximate surface area is 142 Å². The largest absolute Gasteiger partial charge is 0.394 e. The average Bonchev–Trinajstić information content (AvgIpc) is 2.98. The minimum atomic E-state index is 0.00701. The lowest BCUT2D eigenvalue weighted by Gasteiger charge is -2.18. The smallest absolute Gasteiger partial charge is 0.154 e. The van der Waals surface area contributed by atoms with E-state index in [0.29, 0.717) is 0 Å². The molecule has 0 bridgehead atoms. The monoisotopic (exact) mass is 324 g/mol. The van der Waals surface area contributed by atoms with Crippen molar-refractivity contribution in [2.75, 3.05) is 11.9 Å². The zero-order valence-corrected chi connectivity index (χ0v) is 14.2. The first-order valence-corrected chi connectivity index (χ1v) is 8.46. The van der Waals surface area contributed by atoms with Crippen molar-refractivity contribution in [1.82, 2.24) is 14.5 Å². The molecule has 0 radical (unpaired) electrons. The number of fused-ring (bicyclic) bond motifs is 1. The van der Waals surface area contributed by atoms with E-state index in [4.69, 9.17) is 0 Å². The number of aromatic nitrogens is 3. The van der Waals surface area contributed by atoms with Crippen LogP contribution in [0.5, 0.6) is 0 Å². The number of rotatable bonds is 7. The molecule has 2 aromatic heterocycles. The Kier molecular flexibility index (Phi) is 5.11. The van der Waals surface area contributed by atoms with Gasteiger partial charge in [0, 0.05) is 12.7 Å². The number of hydrogen-bond donors (Lipinski definition) is 2. The van der Waals surface area contributed by atoms with E-state index in [1.54, 1.807) is 0 Å². The quantitative estimate of drug-likeness (QED) is 0.699. The Morgan fingerprint density at radius 1 is 1.17 bits per heavy atom. The van der Waals surface area contributed by atoms with Crippen LogP contribution in [-0.4, -0.2) is 32.3 Å². The predicted molar refractivity (Wildman–Crippen MR) is 97.2 cm³/mol. The van der Waals surface area contributed by atoms with Crippen molar-refractivity contribution >= 4 is 16.9 Å². The highest BCUT2D eigenvalue weighted by Gasteiger charge is 2.14. The van der Waals surface area contributed by atoms with Crippen molar-refractivity contribution in [3.05, 3.63) is 54.0 Å². The van der Waals surface area contributed by atoms with Gasteiger partial charge in [0.2, 0.25) is 0 Å². The first-order valence-electron chi connectivity index (χ1n) is 8.46. The first-order chi connectivity index (χ1) is 11.7. The first kappa shape index (κ1) is 16.5. The molecule has 0 aliphatic rings. The van der Waals surface area contributed by atoms with Crippen molar-refractivity contribution in [2.45, 2.75) is 39.3 Å². The SMILES string of the molecule is CCCC(CO)Nc1nc(C)nc2ccn(Cc3ccccc3)c12. The highest BCUT2D eigenvalue weighted by molar-refractivity contribution is 5.86. The fraction of sp³-hybridized carbons (Fsp3) is 0.368. The molecule has 0 saturated heterocycles. The lowest BCUT2D eigenvalue weighted by Crippen LogP contribution is -2.24. The minimum absolute atomic E-state index is 0.00701. The summed E-state index contributed by atoms with van der Waals surface area (Å²) in [6.07, 6.45) is 3.96. The zero-order chi connectivity index (χ0) is 16.9. The van der Waals surface area contributed by atoms with Gasteiger partial charge in [-0.05, 0) is 25.0 Å². The van der Waals surface area contributed by atoms with Crippen LogP contribution in [0.3, 0.4) is 0 Å². The fourth-order valence-electron chi connectivity index (χ4n) is 2.99. The molecule has 0 fully saturated rings. The topological polar surface area (TPSA) is 63.0 Å². The molecule has 2 N–H and O–H groups in total. The van der Waals surface area contributed by atoms with Crippen molar-refractivity contribution in [1.29, 1.82) is 0 Å². The van der Waals surface area contributed by atoms with Crippen LogP contribution in [-0.2, 0) is 6.54 Å². The Hall–Kier alpha value is -2.40. The van der Waals surface area contributed by atoms with Gasteiger partial charge >= 0.3 is 0 Å². The third-order valence-electron chi connectivity index (χ3n) is 4.12. The van der Waals surface area contributed by atoms with Crippen molar-refractivity contribution in [2.24, 2.45) is 0 Å². The summed E-state index contributed by atoms with van der Waals surface area (Å²) < 4.78 is 2.16. The van der Waals surface area contributed by atoms with Gasteiger partial charge in [-0.15, -0.1) is 0 Å². The highest BCUT2D eigenvalue weighted by Crippen LogP contribution is 2.24. The van der Waals surface area contributed by atoms with Gasteiger partial charge < -0.3 is 15.0 Å². The molecule has 5 nitrogen and oxygen atoms in total.